The number of alkyl halides is 3. The van der Waals surface area contributed by atoms with Gasteiger partial charge >= 0.3 is 6.18 Å². The second-order valence-electron chi connectivity index (χ2n) is 7.40. The molecule has 1 heterocycles. The van der Waals surface area contributed by atoms with E-state index < -0.39 is 11.7 Å². The summed E-state index contributed by atoms with van der Waals surface area (Å²) >= 11 is 0. The third-order valence-corrected chi connectivity index (χ3v) is 4.79. The number of rotatable bonds is 5. The summed E-state index contributed by atoms with van der Waals surface area (Å²) in [6.45, 7) is 4.29. The van der Waals surface area contributed by atoms with E-state index in [1.165, 1.54) is 16.6 Å². The number of benzene rings is 2. The Morgan fingerprint density at radius 3 is 2.45 bits per heavy atom. The second-order valence-corrected chi connectivity index (χ2v) is 7.40. The first-order chi connectivity index (χ1) is 13.7. The average Bonchev–Trinajstić information content (AvgIpc) is 2.68. The van der Waals surface area contributed by atoms with Crippen LogP contribution >= 0.6 is 0 Å². The molecule has 0 bridgehead atoms. The molecule has 152 valence electrons. The molecule has 0 aromatic heterocycles. The molecule has 6 heteroatoms. The van der Waals surface area contributed by atoms with Gasteiger partial charge in [0.1, 0.15) is 0 Å². The Labute approximate surface area is 168 Å². The Kier molecular flexibility index (Phi) is 6.20. The van der Waals surface area contributed by atoms with E-state index in [1.54, 1.807) is 6.07 Å². The Bertz CT molecular complexity index is 928. The molecule has 1 aliphatic heterocycles. The Morgan fingerprint density at radius 2 is 1.79 bits per heavy atom. The Balaban J connectivity index is 1.73. The normalized spacial score (nSPS) is 15.3. The molecule has 0 N–H and O–H groups in total. The van der Waals surface area contributed by atoms with Crippen molar-refractivity contribution in [1.29, 1.82) is 0 Å². The third-order valence-electron chi connectivity index (χ3n) is 4.79. The fourth-order valence-electron chi connectivity index (χ4n) is 3.07. The predicted octanol–water partition coefficient (Wildman–Crippen LogP) is 6.02. The minimum atomic E-state index is -4.41. The van der Waals surface area contributed by atoms with E-state index >= 15 is 0 Å². The summed E-state index contributed by atoms with van der Waals surface area (Å²) in [7, 11) is 0. The van der Waals surface area contributed by atoms with Crippen LogP contribution in [-0.2, 0) is 17.5 Å². The molecule has 0 unspecified atom stereocenters. The average molecular weight is 400 g/mol. The molecule has 0 saturated heterocycles. The fraction of sp³-hybridized carbons (Fsp3) is 0.304. The van der Waals surface area contributed by atoms with Crippen LogP contribution in [0, 0.1) is 0 Å². The van der Waals surface area contributed by atoms with Crippen molar-refractivity contribution in [2.75, 3.05) is 0 Å². The van der Waals surface area contributed by atoms with Crippen LogP contribution in [0.3, 0.4) is 0 Å². The molecular weight excluding hydrogens is 377 g/mol. The number of halogens is 3. The zero-order valence-corrected chi connectivity index (χ0v) is 16.4. The van der Waals surface area contributed by atoms with Gasteiger partial charge in [0.05, 0.1) is 17.8 Å². The summed E-state index contributed by atoms with van der Waals surface area (Å²) < 4.78 is 38.7. The molecule has 3 rings (SSSR count). The number of amides is 1. The number of hydrazone groups is 1. The predicted molar refractivity (Wildman–Crippen MR) is 108 cm³/mol. The molecule has 0 aliphatic carbocycles. The zero-order valence-electron chi connectivity index (χ0n) is 16.4. The maximum absolute atomic E-state index is 12.9. The molecule has 0 saturated carbocycles. The molecule has 1 amide bonds. The molecule has 0 atom stereocenters. The van der Waals surface area contributed by atoms with Crippen molar-refractivity contribution in [1.82, 2.24) is 5.01 Å². The first kappa shape index (κ1) is 20.8. The van der Waals surface area contributed by atoms with Gasteiger partial charge in [0.15, 0.2) is 0 Å². The van der Waals surface area contributed by atoms with Crippen molar-refractivity contribution in [2.24, 2.45) is 5.10 Å². The molecule has 0 spiro atoms. The number of allylic oxidation sites excluding steroid dienone is 1. The molecule has 2 aromatic carbocycles. The third kappa shape index (κ3) is 5.56. The number of carbonyl (C=O) groups is 1. The van der Waals surface area contributed by atoms with Crippen LogP contribution in [0.2, 0.25) is 0 Å². The second kappa shape index (κ2) is 8.64. The highest BCUT2D eigenvalue weighted by atomic mass is 19.4. The molecule has 0 fully saturated rings. The van der Waals surface area contributed by atoms with E-state index in [1.807, 2.05) is 24.3 Å². The summed E-state index contributed by atoms with van der Waals surface area (Å²) in [6, 6.07) is 13.2. The van der Waals surface area contributed by atoms with E-state index in [0.717, 1.165) is 23.4 Å². The van der Waals surface area contributed by atoms with E-state index in [0.29, 0.717) is 17.9 Å². The summed E-state index contributed by atoms with van der Waals surface area (Å²) in [5, 5.41) is 5.59. The lowest BCUT2D eigenvalue weighted by molar-refractivity contribution is -0.137. The van der Waals surface area contributed by atoms with Gasteiger partial charge in [0, 0.05) is 12.8 Å². The van der Waals surface area contributed by atoms with Crippen LogP contribution in [0.1, 0.15) is 54.9 Å². The van der Waals surface area contributed by atoms with E-state index in [2.05, 4.69) is 31.1 Å². The minimum Gasteiger partial charge on any atom is -0.273 e. The first-order valence-electron chi connectivity index (χ1n) is 9.54. The van der Waals surface area contributed by atoms with E-state index in [4.69, 9.17) is 0 Å². The van der Waals surface area contributed by atoms with Crippen molar-refractivity contribution in [3.8, 4) is 0 Å². The van der Waals surface area contributed by atoms with Crippen LogP contribution in [0.25, 0.3) is 6.08 Å². The van der Waals surface area contributed by atoms with Crippen LogP contribution in [0.5, 0.6) is 0 Å². The van der Waals surface area contributed by atoms with E-state index in [-0.39, 0.29) is 18.9 Å². The molecule has 0 radical (unpaired) electrons. The number of nitrogens with zero attached hydrogens (tertiary/aromatic N) is 2. The minimum absolute atomic E-state index is 0.0170. The van der Waals surface area contributed by atoms with Gasteiger partial charge in [-0.3, -0.25) is 4.79 Å². The quantitative estimate of drug-likeness (QED) is 0.604. The summed E-state index contributed by atoms with van der Waals surface area (Å²) in [6.07, 6.45) is 0.175. The molecule has 3 nitrogen and oxygen atoms in total. The van der Waals surface area contributed by atoms with Crippen LogP contribution in [0.4, 0.5) is 13.2 Å². The monoisotopic (exact) mass is 400 g/mol. The molecule has 2 aromatic rings. The van der Waals surface area contributed by atoms with Gasteiger partial charge in [-0.2, -0.15) is 18.3 Å². The maximum Gasteiger partial charge on any atom is 0.416 e. The Hall–Kier alpha value is -2.89. The molecule has 1 aliphatic rings. The smallest absolute Gasteiger partial charge is 0.273 e. The highest BCUT2D eigenvalue weighted by Crippen LogP contribution is 2.30. The first-order valence-corrected chi connectivity index (χ1v) is 9.54. The lowest BCUT2D eigenvalue weighted by Crippen LogP contribution is -2.30. The van der Waals surface area contributed by atoms with Gasteiger partial charge in [-0.1, -0.05) is 56.3 Å². The lowest BCUT2D eigenvalue weighted by Gasteiger charge is -2.23. The molecular formula is C23H23F3N2O. The summed E-state index contributed by atoms with van der Waals surface area (Å²) in [5.41, 5.74) is 2.68. The zero-order chi connectivity index (χ0) is 21.0. The van der Waals surface area contributed by atoms with Gasteiger partial charge in [-0.15, -0.1) is 0 Å². The van der Waals surface area contributed by atoms with Gasteiger partial charge in [-0.25, -0.2) is 5.01 Å². The number of hydrogen-bond donors (Lipinski definition) is 0. The lowest BCUT2D eigenvalue weighted by atomic mass is 10.0. The van der Waals surface area contributed by atoms with Crippen molar-refractivity contribution in [3.63, 3.8) is 0 Å². The van der Waals surface area contributed by atoms with Crippen molar-refractivity contribution in [3.05, 3.63) is 76.9 Å². The number of hydrogen-bond acceptors (Lipinski definition) is 2. The largest absolute Gasteiger partial charge is 0.416 e. The molecule has 29 heavy (non-hydrogen) atoms. The topological polar surface area (TPSA) is 32.7 Å². The SMILES string of the molecule is CC(C)c1ccc(C=CC2=NN(Cc3cccc(C(F)(F)F)c3)C(=O)CC2)cc1. The highest BCUT2D eigenvalue weighted by molar-refractivity contribution is 6.02. The van der Waals surface area contributed by atoms with Crippen LogP contribution < -0.4 is 0 Å². The van der Waals surface area contributed by atoms with E-state index in [9.17, 15) is 18.0 Å². The van der Waals surface area contributed by atoms with Gasteiger partial charge in [-0.05, 0) is 40.8 Å². The van der Waals surface area contributed by atoms with Crippen LogP contribution in [-0.4, -0.2) is 16.6 Å². The summed E-state index contributed by atoms with van der Waals surface area (Å²) in [4.78, 5) is 12.2. The van der Waals surface area contributed by atoms with Crippen molar-refractivity contribution < 1.29 is 18.0 Å². The standard InChI is InChI=1S/C23H23F3N2O/c1-16(2)19-9-6-17(7-10-19)8-11-21-12-13-22(29)28(27-21)15-18-4-3-5-20(14-18)23(24,25)26/h3-11,14,16H,12-13,15H2,1-2H3. The summed E-state index contributed by atoms with van der Waals surface area (Å²) in [5.74, 6) is 0.270. The van der Waals surface area contributed by atoms with Crippen molar-refractivity contribution in [2.45, 2.75) is 45.3 Å². The number of carbonyl (C=O) groups excluding carboxylic acids is 1. The van der Waals surface area contributed by atoms with Crippen LogP contribution in [0.15, 0.2) is 59.7 Å². The highest BCUT2D eigenvalue weighted by Gasteiger charge is 2.30. The maximum atomic E-state index is 12.9. The van der Waals surface area contributed by atoms with Gasteiger partial charge in [0.2, 0.25) is 5.91 Å². The fourth-order valence-corrected chi connectivity index (χ4v) is 3.07. The van der Waals surface area contributed by atoms with Gasteiger partial charge < -0.3 is 0 Å². The van der Waals surface area contributed by atoms with Gasteiger partial charge in [0.25, 0.3) is 0 Å². The Morgan fingerprint density at radius 1 is 1.07 bits per heavy atom. The van der Waals surface area contributed by atoms with Crippen molar-refractivity contribution >= 4 is 17.7 Å².